The maximum absolute atomic E-state index is 10.7. The molecule has 2 rings (SSSR count). The topological polar surface area (TPSA) is 72.3 Å². The normalized spacial score (nSPS) is 10.8. The number of ether oxygens (including phenoxy) is 1. The molecule has 0 saturated carbocycles. The molecule has 100 valence electrons. The molecule has 2 aromatic rings. The lowest BCUT2D eigenvalue weighted by molar-refractivity contribution is -0.133. The van der Waals surface area contributed by atoms with Gasteiger partial charge in [0.1, 0.15) is 11.6 Å². The van der Waals surface area contributed by atoms with Gasteiger partial charge in [0.15, 0.2) is 5.82 Å². The van der Waals surface area contributed by atoms with Crippen LogP contribution in [0, 0.1) is 0 Å². The van der Waals surface area contributed by atoms with Gasteiger partial charge < -0.3 is 9.84 Å². The predicted octanol–water partition coefficient (Wildman–Crippen LogP) is 2.34. The van der Waals surface area contributed by atoms with Crippen molar-refractivity contribution in [3.8, 4) is 0 Å². The van der Waals surface area contributed by atoms with Crippen molar-refractivity contribution < 1.29 is 14.6 Å². The minimum Gasteiger partial charge on any atom is -0.481 e. The summed E-state index contributed by atoms with van der Waals surface area (Å²) < 4.78 is 5.30. The van der Waals surface area contributed by atoms with Crippen LogP contribution in [0.2, 0.25) is 0 Å². The van der Waals surface area contributed by atoms with Crippen LogP contribution < -0.4 is 0 Å². The molecule has 0 spiro atoms. The Morgan fingerprint density at radius 1 is 1.37 bits per heavy atom. The summed E-state index contributed by atoms with van der Waals surface area (Å²) in [6, 6.07) is 7.56. The highest BCUT2D eigenvalue weighted by molar-refractivity contribution is 8.00. The van der Waals surface area contributed by atoms with Gasteiger partial charge in [0, 0.05) is 12.0 Å². The molecule has 1 aromatic carbocycles. The number of thioether (sulfide) groups is 1. The molecular formula is C13H14N2O3S. The van der Waals surface area contributed by atoms with Crippen LogP contribution in [0.4, 0.5) is 0 Å². The largest absolute Gasteiger partial charge is 0.481 e. The molecule has 1 N–H and O–H groups in total. The number of nitrogens with zero attached hydrogens (tertiary/aromatic N) is 2. The third kappa shape index (κ3) is 3.65. The van der Waals surface area contributed by atoms with Crippen molar-refractivity contribution >= 4 is 28.6 Å². The third-order valence-corrected chi connectivity index (χ3v) is 3.36. The van der Waals surface area contributed by atoms with Crippen molar-refractivity contribution in [1.29, 1.82) is 0 Å². The number of carboxylic acid groups (broad SMARTS) is 1. The average molecular weight is 278 g/mol. The highest BCUT2D eigenvalue weighted by Gasteiger charge is 2.09. The quantitative estimate of drug-likeness (QED) is 0.646. The molecule has 0 fully saturated rings. The number of rotatable bonds is 6. The summed E-state index contributed by atoms with van der Waals surface area (Å²) in [5, 5.41) is 10.3. The summed E-state index contributed by atoms with van der Waals surface area (Å²) in [4.78, 5) is 19.5. The molecule has 0 bridgehead atoms. The molecule has 0 amide bonds. The first-order chi connectivity index (χ1) is 9.20. The Hall–Kier alpha value is -1.66. The zero-order chi connectivity index (χ0) is 13.7. The van der Waals surface area contributed by atoms with Gasteiger partial charge >= 0.3 is 5.97 Å². The van der Waals surface area contributed by atoms with Crippen LogP contribution in [0.15, 0.2) is 29.3 Å². The number of para-hydroxylation sites is 1. The van der Waals surface area contributed by atoms with Crippen molar-refractivity contribution in [2.45, 2.75) is 18.6 Å². The molecule has 5 nitrogen and oxygen atoms in total. The first-order valence-electron chi connectivity index (χ1n) is 5.88. The van der Waals surface area contributed by atoms with Gasteiger partial charge in [-0.2, -0.15) is 0 Å². The second-order valence-electron chi connectivity index (χ2n) is 3.78. The number of carboxylic acids is 1. The highest BCUT2D eigenvalue weighted by Crippen LogP contribution is 2.25. The lowest BCUT2D eigenvalue weighted by Gasteiger charge is -2.07. The molecular weight excluding hydrogens is 264 g/mol. The smallest absolute Gasteiger partial charge is 0.313 e. The number of hydrogen-bond donors (Lipinski definition) is 1. The average Bonchev–Trinajstić information content (AvgIpc) is 2.42. The maximum atomic E-state index is 10.7. The van der Waals surface area contributed by atoms with Crippen LogP contribution in [-0.4, -0.2) is 33.4 Å². The fraction of sp³-hybridized carbons (Fsp3) is 0.308. The van der Waals surface area contributed by atoms with E-state index in [-0.39, 0.29) is 5.75 Å². The van der Waals surface area contributed by atoms with E-state index >= 15 is 0 Å². The minimum atomic E-state index is -0.862. The predicted molar refractivity (Wildman–Crippen MR) is 73.2 cm³/mol. The Kier molecular flexibility index (Phi) is 4.70. The van der Waals surface area contributed by atoms with E-state index in [1.54, 1.807) is 0 Å². The molecule has 6 heteroatoms. The molecule has 0 aliphatic heterocycles. The first-order valence-corrected chi connectivity index (χ1v) is 6.87. The Bertz CT molecular complexity index is 589. The lowest BCUT2D eigenvalue weighted by Crippen LogP contribution is -2.03. The Morgan fingerprint density at radius 2 is 2.16 bits per heavy atom. The third-order valence-electron chi connectivity index (χ3n) is 2.38. The van der Waals surface area contributed by atoms with Gasteiger partial charge in [-0.05, 0) is 13.0 Å². The van der Waals surface area contributed by atoms with Gasteiger partial charge in [-0.25, -0.2) is 9.97 Å². The summed E-state index contributed by atoms with van der Waals surface area (Å²) in [6.07, 6.45) is 0. The number of aromatic nitrogens is 2. The van der Waals surface area contributed by atoms with E-state index in [2.05, 4.69) is 9.97 Å². The second-order valence-corrected chi connectivity index (χ2v) is 4.75. The minimum absolute atomic E-state index is 0.0188. The van der Waals surface area contributed by atoms with Crippen LogP contribution in [0.3, 0.4) is 0 Å². The highest BCUT2D eigenvalue weighted by atomic mass is 32.2. The van der Waals surface area contributed by atoms with Crippen LogP contribution in [-0.2, 0) is 16.1 Å². The Morgan fingerprint density at radius 3 is 2.89 bits per heavy atom. The van der Waals surface area contributed by atoms with E-state index in [1.165, 1.54) is 11.8 Å². The standard InChI is InChI=1S/C13H14N2O3S/c1-2-18-7-11-14-10-6-4-3-5-9(10)13(15-11)19-8-12(16)17/h3-6H,2,7-8H2,1H3,(H,16,17). The molecule has 0 unspecified atom stereocenters. The number of benzene rings is 1. The van der Waals surface area contributed by atoms with Crippen molar-refractivity contribution in [3.63, 3.8) is 0 Å². The van der Waals surface area contributed by atoms with E-state index in [1.807, 2.05) is 31.2 Å². The van der Waals surface area contributed by atoms with E-state index in [0.29, 0.717) is 24.1 Å². The zero-order valence-electron chi connectivity index (χ0n) is 10.5. The summed E-state index contributed by atoms with van der Waals surface area (Å²) >= 11 is 1.20. The van der Waals surface area contributed by atoms with E-state index < -0.39 is 5.97 Å². The van der Waals surface area contributed by atoms with Crippen LogP contribution in [0.1, 0.15) is 12.7 Å². The van der Waals surface area contributed by atoms with Crippen LogP contribution in [0.5, 0.6) is 0 Å². The molecule has 0 atom stereocenters. The lowest BCUT2D eigenvalue weighted by atomic mass is 10.2. The summed E-state index contributed by atoms with van der Waals surface area (Å²) in [7, 11) is 0. The van der Waals surface area contributed by atoms with Gasteiger partial charge in [0.2, 0.25) is 0 Å². The zero-order valence-corrected chi connectivity index (χ0v) is 11.3. The molecule has 0 aliphatic rings. The van der Waals surface area contributed by atoms with Gasteiger partial charge in [0.25, 0.3) is 0 Å². The number of aliphatic carboxylic acids is 1. The van der Waals surface area contributed by atoms with Crippen molar-refractivity contribution in [2.24, 2.45) is 0 Å². The van der Waals surface area contributed by atoms with Crippen molar-refractivity contribution in [3.05, 3.63) is 30.1 Å². The fourth-order valence-electron chi connectivity index (χ4n) is 1.59. The van der Waals surface area contributed by atoms with Crippen LogP contribution >= 0.6 is 11.8 Å². The summed E-state index contributed by atoms with van der Waals surface area (Å²) in [5.41, 5.74) is 0.806. The van der Waals surface area contributed by atoms with Crippen molar-refractivity contribution in [1.82, 2.24) is 9.97 Å². The number of hydrogen-bond acceptors (Lipinski definition) is 5. The van der Waals surface area contributed by atoms with Crippen LogP contribution in [0.25, 0.3) is 10.9 Å². The van der Waals surface area contributed by atoms with E-state index in [4.69, 9.17) is 9.84 Å². The molecule has 1 heterocycles. The van der Waals surface area contributed by atoms with Crippen molar-refractivity contribution in [2.75, 3.05) is 12.4 Å². The summed E-state index contributed by atoms with van der Waals surface area (Å²) in [6.45, 7) is 2.83. The van der Waals surface area contributed by atoms with Gasteiger partial charge in [-0.1, -0.05) is 30.0 Å². The number of carbonyl (C=O) groups is 1. The van der Waals surface area contributed by atoms with Gasteiger partial charge in [-0.15, -0.1) is 0 Å². The summed E-state index contributed by atoms with van der Waals surface area (Å²) in [5.74, 6) is -0.303. The molecule has 19 heavy (non-hydrogen) atoms. The second kappa shape index (κ2) is 6.49. The first kappa shape index (κ1) is 13.8. The number of fused-ring (bicyclic) bond motifs is 1. The molecule has 0 aliphatic carbocycles. The molecule has 1 aromatic heterocycles. The monoisotopic (exact) mass is 278 g/mol. The molecule has 0 saturated heterocycles. The van der Waals surface area contributed by atoms with Gasteiger partial charge in [0.05, 0.1) is 11.3 Å². The van der Waals surface area contributed by atoms with E-state index in [0.717, 1.165) is 10.9 Å². The van der Waals surface area contributed by atoms with Gasteiger partial charge in [-0.3, -0.25) is 4.79 Å². The Labute approximate surface area is 115 Å². The van der Waals surface area contributed by atoms with E-state index in [9.17, 15) is 4.79 Å². The fourth-order valence-corrected chi connectivity index (χ4v) is 2.35. The Balaban J connectivity index is 2.36. The molecule has 0 radical (unpaired) electrons. The SMILES string of the molecule is CCOCc1nc(SCC(=O)O)c2ccccc2n1. The maximum Gasteiger partial charge on any atom is 0.313 e.